The minimum absolute atomic E-state index is 0.0610. The standard InChI is InChI=1S/C10H10ClN3O3S3/c1-5(7-3-4-8(18-7)20(11,16)17)12-10(15)9-6(2)13-14-19-9/h3-5H,1-2H3,(H,12,15). The fraction of sp³-hybridized carbons (Fsp3) is 0.300. The molecule has 2 rings (SSSR count). The lowest BCUT2D eigenvalue weighted by Gasteiger charge is -2.11. The highest BCUT2D eigenvalue weighted by Crippen LogP contribution is 2.29. The van der Waals surface area contributed by atoms with Gasteiger partial charge in [-0.25, -0.2) is 8.42 Å². The Morgan fingerprint density at radius 1 is 1.45 bits per heavy atom. The number of aromatic nitrogens is 2. The van der Waals surface area contributed by atoms with Crippen molar-refractivity contribution in [2.75, 3.05) is 0 Å². The largest absolute Gasteiger partial charge is 0.344 e. The molecular formula is C10H10ClN3O3S3. The Balaban J connectivity index is 2.13. The Bertz CT molecular complexity index is 738. The maximum absolute atomic E-state index is 12.0. The van der Waals surface area contributed by atoms with Gasteiger partial charge in [-0.15, -0.1) is 16.4 Å². The first-order valence-corrected chi connectivity index (χ1v) is 9.33. The highest BCUT2D eigenvalue weighted by atomic mass is 35.7. The zero-order chi connectivity index (χ0) is 14.9. The number of hydrogen-bond donors (Lipinski definition) is 1. The normalized spacial score (nSPS) is 13.2. The minimum atomic E-state index is -3.73. The van der Waals surface area contributed by atoms with Crippen molar-refractivity contribution >= 4 is 48.5 Å². The molecule has 10 heteroatoms. The summed E-state index contributed by atoms with van der Waals surface area (Å²) in [5.74, 6) is -0.284. The summed E-state index contributed by atoms with van der Waals surface area (Å²) in [6.45, 7) is 3.46. The Morgan fingerprint density at radius 3 is 2.65 bits per heavy atom. The Labute approximate surface area is 128 Å². The van der Waals surface area contributed by atoms with Crippen LogP contribution in [0.1, 0.15) is 33.2 Å². The van der Waals surface area contributed by atoms with E-state index in [1.54, 1.807) is 19.9 Å². The van der Waals surface area contributed by atoms with Crippen LogP contribution in [-0.2, 0) is 9.05 Å². The van der Waals surface area contributed by atoms with Crippen molar-refractivity contribution in [1.82, 2.24) is 14.9 Å². The number of nitrogens with zero attached hydrogens (tertiary/aromatic N) is 2. The third kappa shape index (κ3) is 3.35. The summed E-state index contributed by atoms with van der Waals surface area (Å²) in [4.78, 5) is 13.1. The molecule has 0 bridgehead atoms. The van der Waals surface area contributed by atoms with E-state index in [9.17, 15) is 13.2 Å². The number of aryl methyl sites for hydroxylation is 1. The molecule has 0 aliphatic rings. The van der Waals surface area contributed by atoms with Crippen LogP contribution in [0.2, 0.25) is 0 Å². The summed E-state index contributed by atoms with van der Waals surface area (Å²) in [5, 5.41) is 6.54. The quantitative estimate of drug-likeness (QED) is 0.854. The van der Waals surface area contributed by atoms with Gasteiger partial charge in [0, 0.05) is 15.6 Å². The van der Waals surface area contributed by atoms with Gasteiger partial charge in [0.25, 0.3) is 15.0 Å². The van der Waals surface area contributed by atoms with Gasteiger partial charge >= 0.3 is 0 Å². The number of carbonyl (C=O) groups is 1. The molecule has 1 amide bonds. The average molecular weight is 352 g/mol. The topological polar surface area (TPSA) is 89.0 Å². The molecule has 0 saturated carbocycles. The first-order valence-electron chi connectivity index (χ1n) is 5.43. The summed E-state index contributed by atoms with van der Waals surface area (Å²) in [6, 6.07) is 2.72. The Kier molecular flexibility index (Phi) is 4.43. The number of carbonyl (C=O) groups excluding carboxylic acids is 1. The predicted molar refractivity (Wildman–Crippen MR) is 77.9 cm³/mol. The van der Waals surface area contributed by atoms with E-state index in [4.69, 9.17) is 10.7 Å². The lowest BCUT2D eigenvalue weighted by atomic mass is 10.2. The van der Waals surface area contributed by atoms with Gasteiger partial charge in [0.1, 0.15) is 9.09 Å². The van der Waals surface area contributed by atoms with Gasteiger partial charge in [0.2, 0.25) is 0 Å². The molecule has 2 aromatic heterocycles. The first kappa shape index (κ1) is 15.4. The van der Waals surface area contributed by atoms with Gasteiger partial charge < -0.3 is 5.32 Å². The fourth-order valence-electron chi connectivity index (χ4n) is 1.47. The van der Waals surface area contributed by atoms with Crippen LogP contribution in [0, 0.1) is 6.92 Å². The highest BCUT2D eigenvalue weighted by Gasteiger charge is 2.19. The second kappa shape index (κ2) is 5.76. The van der Waals surface area contributed by atoms with Crippen LogP contribution in [0.25, 0.3) is 0 Å². The van der Waals surface area contributed by atoms with Gasteiger partial charge in [-0.3, -0.25) is 4.79 Å². The molecule has 2 aromatic rings. The molecule has 0 saturated heterocycles. The molecule has 1 unspecified atom stereocenters. The highest BCUT2D eigenvalue weighted by molar-refractivity contribution is 8.15. The lowest BCUT2D eigenvalue weighted by Crippen LogP contribution is -2.25. The van der Waals surface area contributed by atoms with E-state index in [2.05, 4.69) is 14.9 Å². The number of halogens is 1. The number of rotatable bonds is 4. The van der Waals surface area contributed by atoms with Crippen LogP contribution in [0.5, 0.6) is 0 Å². The van der Waals surface area contributed by atoms with E-state index in [0.717, 1.165) is 22.9 Å². The van der Waals surface area contributed by atoms with E-state index in [1.165, 1.54) is 6.07 Å². The fourth-order valence-corrected chi connectivity index (χ4v) is 4.13. The van der Waals surface area contributed by atoms with E-state index < -0.39 is 9.05 Å². The predicted octanol–water partition coefficient (Wildman–Crippen LogP) is 2.33. The van der Waals surface area contributed by atoms with Gasteiger partial charge in [-0.1, -0.05) is 4.49 Å². The monoisotopic (exact) mass is 351 g/mol. The lowest BCUT2D eigenvalue weighted by molar-refractivity contribution is 0.0944. The molecule has 0 aromatic carbocycles. The molecule has 0 aliphatic carbocycles. The SMILES string of the molecule is Cc1nnsc1C(=O)NC(C)c1ccc(S(=O)(=O)Cl)s1. The maximum atomic E-state index is 12.0. The number of hydrogen-bond acceptors (Lipinski definition) is 7. The van der Waals surface area contributed by atoms with Gasteiger partial charge in [-0.2, -0.15) is 0 Å². The van der Waals surface area contributed by atoms with Crippen LogP contribution < -0.4 is 5.32 Å². The second-order valence-electron chi connectivity index (χ2n) is 3.98. The summed E-state index contributed by atoms with van der Waals surface area (Å²) in [7, 11) is 1.53. The zero-order valence-corrected chi connectivity index (χ0v) is 13.7. The van der Waals surface area contributed by atoms with Gasteiger partial charge in [0.15, 0.2) is 0 Å². The van der Waals surface area contributed by atoms with Gasteiger partial charge in [0.05, 0.1) is 11.7 Å². The molecule has 1 N–H and O–H groups in total. The molecule has 0 spiro atoms. The van der Waals surface area contributed by atoms with Crippen molar-refractivity contribution in [2.24, 2.45) is 0 Å². The number of amides is 1. The van der Waals surface area contributed by atoms with E-state index in [-0.39, 0.29) is 16.2 Å². The molecule has 1 atom stereocenters. The van der Waals surface area contributed by atoms with Crippen molar-refractivity contribution in [3.63, 3.8) is 0 Å². The molecule has 0 aliphatic heterocycles. The molecule has 2 heterocycles. The summed E-state index contributed by atoms with van der Waals surface area (Å²) in [5.41, 5.74) is 0.565. The first-order chi connectivity index (χ1) is 9.29. The van der Waals surface area contributed by atoms with Crippen molar-refractivity contribution in [1.29, 1.82) is 0 Å². The average Bonchev–Trinajstić information content (AvgIpc) is 2.95. The maximum Gasteiger partial charge on any atom is 0.270 e. The molecule has 6 nitrogen and oxygen atoms in total. The molecular weight excluding hydrogens is 342 g/mol. The molecule has 20 heavy (non-hydrogen) atoms. The van der Waals surface area contributed by atoms with Crippen LogP contribution >= 0.6 is 33.6 Å². The molecule has 108 valence electrons. The van der Waals surface area contributed by atoms with Crippen molar-refractivity contribution < 1.29 is 13.2 Å². The van der Waals surface area contributed by atoms with Gasteiger partial charge in [-0.05, 0) is 37.5 Å². The number of nitrogens with one attached hydrogen (secondary N) is 1. The van der Waals surface area contributed by atoms with E-state index >= 15 is 0 Å². The van der Waals surface area contributed by atoms with Crippen molar-refractivity contribution in [3.8, 4) is 0 Å². The summed E-state index contributed by atoms with van der Waals surface area (Å²) >= 11 is 2.05. The zero-order valence-electron chi connectivity index (χ0n) is 10.5. The molecule has 0 fully saturated rings. The smallest absolute Gasteiger partial charge is 0.270 e. The van der Waals surface area contributed by atoms with Crippen LogP contribution in [0.15, 0.2) is 16.3 Å². The molecule has 0 radical (unpaired) electrons. The van der Waals surface area contributed by atoms with Crippen LogP contribution in [0.3, 0.4) is 0 Å². The summed E-state index contributed by atoms with van der Waals surface area (Å²) in [6.07, 6.45) is 0. The Hall–Kier alpha value is -1.03. The van der Waals surface area contributed by atoms with Crippen LogP contribution in [0.4, 0.5) is 0 Å². The summed E-state index contributed by atoms with van der Waals surface area (Å²) < 4.78 is 26.1. The van der Waals surface area contributed by atoms with Crippen molar-refractivity contribution in [2.45, 2.75) is 24.1 Å². The van der Waals surface area contributed by atoms with E-state index in [1.807, 2.05) is 0 Å². The Morgan fingerprint density at radius 2 is 2.15 bits per heavy atom. The van der Waals surface area contributed by atoms with Crippen LogP contribution in [-0.4, -0.2) is 23.9 Å². The number of thiophene rings is 1. The third-order valence-corrected chi connectivity index (χ3v) is 6.66. The van der Waals surface area contributed by atoms with E-state index in [0.29, 0.717) is 15.4 Å². The third-order valence-electron chi connectivity index (χ3n) is 2.47. The minimum Gasteiger partial charge on any atom is -0.344 e. The second-order valence-corrected chi connectivity index (χ2v) is 8.64. The van der Waals surface area contributed by atoms with Crippen molar-refractivity contribution in [3.05, 3.63) is 27.6 Å².